The van der Waals surface area contributed by atoms with Crippen LogP contribution < -0.4 is 5.32 Å². The summed E-state index contributed by atoms with van der Waals surface area (Å²) in [6.07, 6.45) is 49.2. The zero-order valence-corrected chi connectivity index (χ0v) is 52.5. The van der Waals surface area contributed by atoms with Gasteiger partial charge in [-0.25, -0.2) is 0 Å². The molecule has 2 aliphatic rings. The normalized spacial score (nSPS) is 24.0. The predicted octanol–water partition coefficient (Wildman–Crippen LogP) is 13.6. The fraction of sp³-hybridized carbons (Fsp3) is 0.926. The molecule has 12 unspecified atom stereocenters. The molecule has 2 heterocycles. The van der Waals surface area contributed by atoms with Crippen molar-refractivity contribution in [2.75, 3.05) is 19.8 Å². The van der Waals surface area contributed by atoms with Crippen LogP contribution in [-0.2, 0) is 23.7 Å². The number of hydrogen-bond acceptors (Lipinski definition) is 13. The second-order valence-corrected chi connectivity index (χ2v) is 24.7. The monoisotopic (exact) mass is 1170 g/mol. The van der Waals surface area contributed by atoms with E-state index in [1.807, 2.05) is 0 Å². The Bertz CT molecular complexity index is 1470. The first-order valence-corrected chi connectivity index (χ1v) is 34.6. The van der Waals surface area contributed by atoms with E-state index in [0.717, 1.165) is 70.6 Å². The molecule has 12 atom stereocenters. The van der Waals surface area contributed by atoms with E-state index in [-0.39, 0.29) is 12.5 Å². The van der Waals surface area contributed by atoms with E-state index in [4.69, 9.17) is 18.9 Å². The second-order valence-electron chi connectivity index (χ2n) is 24.7. The molecule has 2 saturated heterocycles. The van der Waals surface area contributed by atoms with E-state index in [1.54, 1.807) is 0 Å². The first kappa shape index (κ1) is 76.6. The predicted molar refractivity (Wildman–Crippen MR) is 332 cm³/mol. The fourth-order valence-corrected chi connectivity index (χ4v) is 11.6. The van der Waals surface area contributed by atoms with Crippen LogP contribution in [0.5, 0.6) is 0 Å². The fourth-order valence-electron chi connectivity index (χ4n) is 11.6. The van der Waals surface area contributed by atoms with Gasteiger partial charge in [0, 0.05) is 6.42 Å². The van der Waals surface area contributed by atoms with E-state index in [2.05, 4.69) is 43.5 Å². The van der Waals surface area contributed by atoms with Crippen LogP contribution in [0.1, 0.15) is 309 Å². The Morgan fingerprint density at radius 3 is 1.23 bits per heavy atom. The lowest BCUT2D eigenvalue weighted by Gasteiger charge is -2.46. The molecule has 0 aliphatic carbocycles. The van der Waals surface area contributed by atoms with Gasteiger partial charge in [0.25, 0.3) is 0 Å². The molecule has 2 aliphatic heterocycles. The summed E-state index contributed by atoms with van der Waals surface area (Å²) in [6.45, 7) is 2.87. The van der Waals surface area contributed by atoms with E-state index in [1.165, 1.54) is 205 Å². The maximum atomic E-state index is 13.3. The van der Waals surface area contributed by atoms with Crippen molar-refractivity contribution in [1.82, 2.24) is 5.32 Å². The van der Waals surface area contributed by atoms with Gasteiger partial charge in [-0.15, -0.1) is 0 Å². The molecule has 2 fully saturated rings. The van der Waals surface area contributed by atoms with Crippen molar-refractivity contribution in [1.29, 1.82) is 0 Å². The maximum absolute atomic E-state index is 13.3. The highest BCUT2D eigenvalue weighted by molar-refractivity contribution is 5.76. The number of nitrogens with one attached hydrogen (secondary N) is 1. The van der Waals surface area contributed by atoms with E-state index >= 15 is 0 Å². The van der Waals surface area contributed by atoms with Crippen LogP contribution in [0.15, 0.2) is 24.3 Å². The minimum atomic E-state index is -1.78. The van der Waals surface area contributed by atoms with Crippen molar-refractivity contribution in [3.63, 3.8) is 0 Å². The van der Waals surface area contributed by atoms with Crippen LogP contribution in [0.4, 0.5) is 0 Å². The van der Waals surface area contributed by atoms with Crippen molar-refractivity contribution in [3.05, 3.63) is 24.3 Å². The Hall–Kier alpha value is -1.53. The van der Waals surface area contributed by atoms with Gasteiger partial charge in [0.1, 0.15) is 48.8 Å². The summed E-state index contributed by atoms with van der Waals surface area (Å²) >= 11 is 0. The first-order chi connectivity index (χ1) is 40.1. The largest absolute Gasteiger partial charge is 0.394 e. The van der Waals surface area contributed by atoms with Gasteiger partial charge in [-0.1, -0.05) is 282 Å². The van der Waals surface area contributed by atoms with Crippen molar-refractivity contribution < 1.29 is 64.6 Å². The molecule has 484 valence electrons. The van der Waals surface area contributed by atoms with Gasteiger partial charge in [-0.05, 0) is 44.9 Å². The lowest BCUT2D eigenvalue weighted by Crippen LogP contribution is -2.65. The Labute approximate surface area is 500 Å². The number of allylic oxidation sites excluding steroid dienone is 4. The number of hydrogen-bond donors (Lipinski definition) is 9. The standard InChI is InChI=1S/C68H129NO13/c1-3-5-7-9-11-13-15-17-19-21-22-23-24-25-26-27-28-29-30-31-32-33-34-35-36-37-39-41-43-45-47-49-51-57(72)56(69-60(73)52-50-48-46-44-42-40-38-20-18-16-14-12-10-8-6-4-2)55-79-67-65(78)63(76)66(59(54-71)81-67)82-68-64(77)62(75)61(74)58(53-70)80-68/h14,16,20,38,56-59,61-68,70-72,74-78H,3-13,15,17-19,21-37,39-55H2,1-2H3,(H,69,73)/b16-14-,38-20-. The van der Waals surface area contributed by atoms with Crippen molar-refractivity contribution in [3.8, 4) is 0 Å². The van der Waals surface area contributed by atoms with Gasteiger partial charge in [0.05, 0.1) is 32.0 Å². The minimum Gasteiger partial charge on any atom is -0.394 e. The number of ether oxygens (including phenoxy) is 4. The molecule has 0 aromatic heterocycles. The molecule has 0 saturated carbocycles. The summed E-state index contributed by atoms with van der Waals surface area (Å²) in [5.41, 5.74) is 0. The zero-order chi connectivity index (χ0) is 59.5. The van der Waals surface area contributed by atoms with Gasteiger partial charge in [-0.2, -0.15) is 0 Å². The summed E-state index contributed by atoms with van der Waals surface area (Å²) in [6, 6.07) is -0.836. The van der Waals surface area contributed by atoms with E-state index < -0.39 is 86.8 Å². The average molecular weight is 1170 g/mol. The molecule has 0 radical (unpaired) electrons. The third-order valence-electron chi connectivity index (χ3n) is 17.2. The third kappa shape index (κ3) is 37.9. The molecular weight excluding hydrogens is 1040 g/mol. The van der Waals surface area contributed by atoms with E-state index in [9.17, 15) is 45.6 Å². The molecule has 14 heteroatoms. The molecule has 14 nitrogen and oxygen atoms in total. The van der Waals surface area contributed by atoms with Crippen LogP contribution in [0, 0.1) is 0 Å². The summed E-state index contributed by atoms with van der Waals surface area (Å²) in [5, 5.41) is 87.5. The van der Waals surface area contributed by atoms with Crippen LogP contribution in [0.25, 0.3) is 0 Å². The minimum absolute atomic E-state index is 0.216. The highest BCUT2D eigenvalue weighted by Crippen LogP contribution is 2.30. The quantitative estimate of drug-likeness (QED) is 0.0204. The highest BCUT2D eigenvalue weighted by Gasteiger charge is 2.51. The van der Waals surface area contributed by atoms with E-state index in [0.29, 0.717) is 19.3 Å². The molecule has 0 spiro atoms. The van der Waals surface area contributed by atoms with Gasteiger partial charge in [0.15, 0.2) is 12.6 Å². The molecule has 82 heavy (non-hydrogen) atoms. The van der Waals surface area contributed by atoms with Crippen LogP contribution in [0.3, 0.4) is 0 Å². The van der Waals surface area contributed by atoms with Gasteiger partial charge < -0.3 is 65.1 Å². The van der Waals surface area contributed by atoms with Crippen LogP contribution in [-0.4, -0.2) is 140 Å². The summed E-state index contributed by atoms with van der Waals surface area (Å²) < 4.78 is 22.9. The Morgan fingerprint density at radius 2 is 0.805 bits per heavy atom. The molecular formula is C68H129NO13. The van der Waals surface area contributed by atoms with Gasteiger partial charge in [0.2, 0.25) is 5.91 Å². The molecule has 0 aromatic carbocycles. The number of carbonyl (C=O) groups is 1. The first-order valence-electron chi connectivity index (χ1n) is 34.6. The molecule has 0 aromatic rings. The summed E-state index contributed by atoms with van der Waals surface area (Å²) in [4.78, 5) is 13.3. The summed E-state index contributed by atoms with van der Waals surface area (Å²) in [5.74, 6) is -0.216. The molecule has 9 N–H and O–H groups in total. The highest BCUT2D eigenvalue weighted by atomic mass is 16.7. The average Bonchev–Trinajstić information content (AvgIpc) is 3.53. The summed E-state index contributed by atoms with van der Waals surface area (Å²) in [7, 11) is 0. The van der Waals surface area contributed by atoms with Crippen LogP contribution in [0.2, 0.25) is 0 Å². The van der Waals surface area contributed by atoms with Crippen molar-refractivity contribution in [2.24, 2.45) is 0 Å². The number of aliphatic hydroxyl groups is 8. The van der Waals surface area contributed by atoms with Crippen molar-refractivity contribution in [2.45, 2.75) is 383 Å². The SMILES string of the molecule is CCCCCC/C=C\C/C=C\CCCCCCCC(=O)NC(COC1OC(CO)C(OC2OC(CO)C(O)C(O)C2O)C(O)C1O)C(O)CCCCCCCCCCCCCCCCCCCCCCCCCCCCCCCCCC. The molecule has 0 bridgehead atoms. The lowest BCUT2D eigenvalue weighted by atomic mass is 9.97. The van der Waals surface area contributed by atoms with Gasteiger partial charge in [-0.3, -0.25) is 4.79 Å². The third-order valence-corrected chi connectivity index (χ3v) is 17.2. The maximum Gasteiger partial charge on any atom is 0.220 e. The molecule has 1 amide bonds. The number of amides is 1. The lowest BCUT2D eigenvalue weighted by molar-refractivity contribution is -0.359. The topological polar surface area (TPSA) is 228 Å². The van der Waals surface area contributed by atoms with Crippen molar-refractivity contribution >= 4 is 5.91 Å². The Balaban J connectivity index is 1.63. The second kappa shape index (κ2) is 53.7. The van der Waals surface area contributed by atoms with Crippen LogP contribution >= 0.6 is 0 Å². The number of aliphatic hydroxyl groups excluding tert-OH is 8. The Morgan fingerprint density at radius 1 is 0.439 bits per heavy atom. The van der Waals surface area contributed by atoms with Gasteiger partial charge >= 0.3 is 0 Å². The Kier molecular flexibility index (Phi) is 50.1. The number of carbonyl (C=O) groups excluding carboxylic acids is 1. The number of rotatable bonds is 57. The number of unbranched alkanes of at least 4 members (excludes halogenated alkanes) is 40. The zero-order valence-electron chi connectivity index (χ0n) is 52.5. The smallest absolute Gasteiger partial charge is 0.220 e. The molecule has 2 rings (SSSR count).